The Bertz CT molecular complexity index is 1010. The number of benzene rings is 3. The first-order chi connectivity index (χ1) is 14.5. The molecule has 4 rings (SSSR count). The number of anilines is 2. The molecule has 0 bridgehead atoms. The summed E-state index contributed by atoms with van der Waals surface area (Å²) in [6.45, 7) is 0.646. The molecular weight excluding hydrogens is 465 g/mol. The van der Waals surface area contributed by atoms with Gasteiger partial charge < -0.3 is 9.34 Å². The van der Waals surface area contributed by atoms with Crippen LogP contribution in [-0.2, 0) is 4.57 Å². The van der Waals surface area contributed by atoms with Gasteiger partial charge in [-0.2, -0.15) is 0 Å². The van der Waals surface area contributed by atoms with Crippen molar-refractivity contribution >= 4 is 34.7 Å². The van der Waals surface area contributed by atoms with Crippen LogP contribution in [0.2, 0.25) is 0 Å². The van der Waals surface area contributed by atoms with Crippen LogP contribution in [0.1, 0.15) is 11.2 Å². The first kappa shape index (κ1) is 20.6. The average molecular weight is 486 g/mol. The van der Waals surface area contributed by atoms with E-state index in [4.69, 9.17) is 0 Å². The van der Waals surface area contributed by atoms with Gasteiger partial charge in [0.25, 0.3) is 7.44 Å². The van der Waals surface area contributed by atoms with E-state index in [0.717, 1.165) is 15.8 Å². The van der Waals surface area contributed by atoms with Crippen LogP contribution in [0.3, 0.4) is 0 Å². The third-order valence-corrected chi connectivity index (χ3v) is 9.35. The van der Waals surface area contributed by atoms with Gasteiger partial charge in [-0.3, -0.25) is 14.7 Å². The normalized spacial score (nSPS) is 16.4. The molecule has 1 heterocycles. The van der Waals surface area contributed by atoms with E-state index in [9.17, 15) is 14.7 Å². The minimum Gasteiger partial charge on any atom is -0.304 e. The van der Waals surface area contributed by atoms with Crippen molar-refractivity contribution in [1.29, 1.82) is 0 Å². The number of hydrogen-bond acceptors (Lipinski definition) is 3. The zero-order valence-electron chi connectivity index (χ0n) is 16.2. The van der Waals surface area contributed by atoms with Crippen molar-refractivity contribution < 1.29 is 9.49 Å². The molecule has 1 unspecified atom stereocenters. The lowest BCUT2D eigenvalue weighted by Gasteiger charge is -2.36. The molecule has 6 nitrogen and oxygen atoms in total. The van der Waals surface area contributed by atoms with Gasteiger partial charge in [-0.1, -0.05) is 64.5 Å². The predicted molar refractivity (Wildman–Crippen MR) is 124 cm³/mol. The van der Waals surface area contributed by atoms with Gasteiger partial charge in [0.15, 0.2) is 0 Å². The fourth-order valence-electron chi connectivity index (χ4n) is 3.96. The lowest BCUT2D eigenvalue weighted by molar-refractivity contribution is -0.480. The third-order valence-electron chi connectivity index (χ3n) is 5.31. The van der Waals surface area contributed by atoms with Gasteiger partial charge in [-0.05, 0) is 42.0 Å². The number of halogens is 1. The Morgan fingerprint density at radius 3 is 1.77 bits per heavy atom. The van der Waals surface area contributed by atoms with Crippen molar-refractivity contribution in [3.05, 3.63) is 105 Å². The minimum atomic E-state index is -3.43. The fourth-order valence-corrected chi connectivity index (χ4v) is 7.75. The van der Waals surface area contributed by atoms with Gasteiger partial charge >= 0.3 is 0 Å². The van der Waals surface area contributed by atoms with E-state index in [1.807, 2.05) is 94.3 Å². The van der Waals surface area contributed by atoms with Crippen LogP contribution >= 0.6 is 23.4 Å². The molecule has 1 aliphatic rings. The third kappa shape index (κ3) is 3.87. The van der Waals surface area contributed by atoms with Gasteiger partial charge in [-0.25, -0.2) is 0 Å². The van der Waals surface area contributed by atoms with Crippen LogP contribution in [0.5, 0.6) is 0 Å². The maximum absolute atomic E-state index is 14.9. The summed E-state index contributed by atoms with van der Waals surface area (Å²) in [4.78, 5) is 11.3. The maximum atomic E-state index is 14.9. The van der Waals surface area contributed by atoms with Crippen molar-refractivity contribution in [2.45, 2.75) is 5.66 Å². The second kappa shape index (κ2) is 8.62. The summed E-state index contributed by atoms with van der Waals surface area (Å²) in [5, 5.41) is 11.7. The summed E-state index contributed by atoms with van der Waals surface area (Å²) in [6.07, 6.45) is 0. The molecule has 154 valence electrons. The van der Waals surface area contributed by atoms with Gasteiger partial charge in [0.05, 0.1) is 0 Å². The number of nitrogens with zero attached hydrogens (tertiary/aromatic N) is 3. The molecule has 1 aliphatic heterocycles. The summed E-state index contributed by atoms with van der Waals surface area (Å²) >= 11 is 3.42. The lowest BCUT2D eigenvalue weighted by Crippen LogP contribution is -2.27. The number of para-hydroxylation sites is 2. The van der Waals surface area contributed by atoms with E-state index in [1.165, 1.54) is 0 Å². The average Bonchev–Trinajstić information content (AvgIpc) is 3.12. The summed E-state index contributed by atoms with van der Waals surface area (Å²) in [5.41, 5.74) is 1.54. The largest absolute Gasteiger partial charge is 0.304 e. The van der Waals surface area contributed by atoms with E-state index in [1.54, 1.807) is 0 Å². The van der Waals surface area contributed by atoms with E-state index in [-0.39, 0.29) is 4.92 Å². The SMILES string of the molecule is O=[N+]([O-])CC(c1ccc(Br)cc1)P1(=O)N(c2ccccc2)CCN1c1ccccc1. The van der Waals surface area contributed by atoms with Crippen LogP contribution in [0.4, 0.5) is 11.4 Å². The Kier molecular flexibility index (Phi) is 5.93. The van der Waals surface area contributed by atoms with E-state index >= 15 is 0 Å². The van der Waals surface area contributed by atoms with Crippen LogP contribution in [-0.4, -0.2) is 24.6 Å². The molecule has 30 heavy (non-hydrogen) atoms. The van der Waals surface area contributed by atoms with Crippen molar-refractivity contribution in [3.63, 3.8) is 0 Å². The number of rotatable bonds is 6. The standard InChI is InChI=1S/C22H21BrN3O3P/c23-19-13-11-18(12-14-19)22(17-26(27)28)30(29)24(20-7-3-1-4-8-20)15-16-25(30)21-9-5-2-6-10-21/h1-14,22H,15-17H2. The first-order valence-corrected chi connectivity index (χ1v) is 12.1. The highest BCUT2D eigenvalue weighted by molar-refractivity contribution is 9.10. The summed E-state index contributed by atoms with van der Waals surface area (Å²) in [5.74, 6) is 0. The zero-order valence-corrected chi connectivity index (χ0v) is 18.7. The summed E-state index contributed by atoms with van der Waals surface area (Å²) in [7, 11) is -3.43. The van der Waals surface area contributed by atoms with Crippen molar-refractivity contribution in [3.8, 4) is 0 Å². The first-order valence-electron chi connectivity index (χ1n) is 9.63. The highest BCUT2D eigenvalue weighted by Gasteiger charge is 2.51. The Hall–Kier alpha value is -2.63. The molecule has 0 aromatic heterocycles. The lowest BCUT2D eigenvalue weighted by atomic mass is 10.1. The second-order valence-electron chi connectivity index (χ2n) is 7.09. The highest BCUT2D eigenvalue weighted by atomic mass is 79.9. The molecule has 0 spiro atoms. The molecule has 0 amide bonds. The Morgan fingerprint density at radius 2 is 1.33 bits per heavy atom. The monoisotopic (exact) mass is 485 g/mol. The van der Waals surface area contributed by atoms with E-state index in [0.29, 0.717) is 18.7 Å². The molecule has 3 aromatic carbocycles. The second-order valence-corrected chi connectivity index (χ2v) is 10.8. The van der Waals surface area contributed by atoms with Crippen LogP contribution in [0.25, 0.3) is 0 Å². The number of nitro groups is 1. The van der Waals surface area contributed by atoms with E-state index in [2.05, 4.69) is 15.9 Å². The van der Waals surface area contributed by atoms with Gasteiger partial charge in [-0.15, -0.1) is 0 Å². The van der Waals surface area contributed by atoms with Crippen LogP contribution < -0.4 is 9.34 Å². The highest BCUT2D eigenvalue weighted by Crippen LogP contribution is 2.68. The Balaban J connectivity index is 1.89. The quantitative estimate of drug-likeness (QED) is 0.243. The molecule has 0 aliphatic carbocycles. The molecule has 0 radical (unpaired) electrons. The Labute approximate surface area is 183 Å². The van der Waals surface area contributed by atoms with Crippen LogP contribution in [0.15, 0.2) is 89.4 Å². The number of hydrogen-bond donors (Lipinski definition) is 0. The maximum Gasteiger partial charge on any atom is 0.277 e. The molecule has 1 atom stereocenters. The van der Waals surface area contributed by atoms with E-state index < -0.39 is 19.6 Å². The van der Waals surface area contributed by atoms with Gasteiger partial charge in [0.2, 0.25) is 6.54 Å². The molecule has 0 N–H and O–H groups in total. The summed E-state index contributed by atoms with van der Waals surface area (Å²) in [6, 6.07) is 26.3. The zero-order chi connectivity index (χ0) is 21.1. The fraction of sp³-hybridized carbons (Fsp3) is 0.182. The summed E-state index contributed by atoms with van der Waals surface area (Å²) < 4.78 is 19.5. The molecule has 1 saturated heterocycles. The van der Waals surface area contributed by atoms with Crippen molar-refractivity contribution in [2.75, 3.05) is 29.0 Å². The van der Waals surface area contributed by atoms with Crippen LogP contribution in [0, 0.1) is 10.1 Å². The molecule has 3 aromatic rings. The molecule has 1 fully saturated rings. The Morgan fingerprint density at radius 1 is 0.867 bits per heavy atom. The van der Waals surface area contributed by atoms with Crippen molar-refractivity contribution in [2.24, 2.45) is 0 Å². The molecule has 0 saturated carbocycles. The molecular formula is C22H21BrN3O3P. The molecule has 8 heteroatoms. The topological polar surface area (TPSA) is 66.7 Å². The van der Waals surface area contributed by atoms with Gasteiger partial charge in [0, 0.05) is 33.9 Å². The van der Waals surface area contributed by atoms with Gasteiger partial charge in [0.1, 0.15) is 5.66 Å². The minimum absolute atomic E-state index is 0.364. The predicted octanol–water partition coefficient (Wildman–Crippen LogP) is 5.99. The smallest absolute Gasteiger partial charge is 0.277 e. The van der Waals surface area contributed by atoms with Crippen molar-refractivity contribution in [1.82, 2.24) is 0 Å².